The molecule has 35 heavy (non-hydrogen) atoms. The van der Waals surface area contributed by atoms with Gasteiger partial charge in [0.05, 0.1) is 0 Å². The highest BCUT2D eigenvalue weighted by Crippen LogP contribution is 2.23. The Labute approximate surface area is 212 Å². The number of rotatable bonds is 6. The third kappa shape index (κ3) is 6.17. The average molecular weight is 508 g/mol. The predicted molar refractivity (Wildman–Crippen MR) is 141 cm³/mol. The Morgan fingerprint density at radius 2 is 1.77 bits per heavy atom. The van der Waals surface area contributed by atoms with Crippen LogP contribution in [-0.2, 0) is 4.79 Å². The van der Waals surface area contributed by atoms with Crippen LogP contribution >= 0.6 is 23.8 Å². The first-order chi connectivity index (χ1) is 16.8. The summed E-state index contributed by atoms with van der Waals surface area (Å²) in [5.41, 5.74) is 3.59. The minimum atomic E-state index is -0.401. The van der Waals surface area contributed by atoms with Gasteiger partial charge in [-0.2, -0.15) is 0 Å². The number of amides is 2. The van der Waals surface area contributed by atoms with E-state index in [9.17, 15) is 9.59 Å². The Morgan fingerprint density at radius 3 is 2.51 bits per heavy atom. The second kappa shape index (κ2) is 10.6. The number of carbonyl (C=O) groups is 2. The van der Waals surface area contributed by atoms with Gasteiger partial charge in [0.25, 0.3) is 11.8 Å². The van der Waals surface area contributed by atoms with Crippen molar-refractivity contribution in [3.63, 3.8) is 0 Å². The second-order valence-electron chi connectivity index (χ2n) is 7.83. The molecule has 9 heteroatoms. The van der Waals surface area contributed by atoms with Gasteiger partial charge >= 0.3 is 0 Å². The molecule has 0 aliphatic rings. The summed E-state index contributed by atoms with van der Waals surface area (Å²) in [5.74, 6) is 0.0229. The summed E-state index contributed by atoms with van der Waals surface area (Å²) >= 11 is 11.2. The van der Waals surface area contributed by atoms with Crippen LogP contribution in [0.3, 0.4) is 0 Å². The van der Waals surface area contributed by atoms with E-state index in [-0.39, 0.29) is 23.4 Å². The number of hydrogen-bond acceptors (Lipinski definition) is 5. The number of benzene rings is 3. The van der Waals surface area contributed by atoms with E-state index in [0.717, 1.165) is 16.5 Å². The van der Waals surface area contributed by atoms with Crippen molar-refractivity contribution in [3.05, 3.63) is 88.6 Å². The third-order valence-electron chi connectivity index (χ3n) is 5.13. The molecule has 1 aromatic heterocycles. The van der Waals surface area contributed by atoms with Crippen molar-refractivity contribution in [2.75, 3.05) is 17.2 Å². The molecule has 0 saturated carbocycles. The van der Waals surface area contributed by atoms with Gasteiger partial charge < -0.3 is 19.8 Å². The molecule has 0 radical (unpaired) electrons. The Bertz CT molecular complexity index is 1400. The Morgan fingerprint density at radius 1 is 0.971 bits per heavy atom. The highest BCUT2D eigenvalue weighted by molar-refractivity contribution is 7.80. The van der Waals surface area contributed by atoms with Crippen LogP contribution in [-0.4, -0.2) is 23.5 Å². The number of hydrogen-bond donors (Lipinski definition) is 3. The lowest BCUT2D eigenvalue weighted by Crippen LogP contribution is -2.37. The molecule has 4 aromatic rings. The molecule has 0 aliphatic heterocycles. The highest BCUT2D eigenvalue weighted by Gasteiger charge is 2.14. The molecule has 178 valence electrons. The van der Waals surface area contributed by atoms with E-state index in [1.807, 2.05) is 38.1 Å². The summed E-state index contributed by atoms with van der Waals surface area (Å²) in [7, 11) is 0. The molecule has 0 fully saturated rings. The predicted octanol–water partition coefficient (Wildman–Crippen LogP) is 5.85. The van der Waals surface area contributed by atoms with Crippen LogP contribution in [0.2, 0.25) is 5.02 Å². The number of thiocarbonyl (C=S) groups is 1. The largest absolute Gasteiger partial charge is 0.484 e. The van der Waals surface area contributed by atoms with E-state index < -0.39 is 5.91 Å². The molecule has 7 nitrogen and oxygen atoms in total. The SMILES string of the molecule is Cc1cc(OCC(=O)NC(=S)Nc2ccc(NC(=O)c3cc4ccccc4o3)c(C)c2)ccc1Cl. The maximum atomic E-state index is 12.6. The number of halogens is 1. The minimum Gasteiger partial charge on any atom is -0.484 e. The first-order valence-electron chi connectivity index (χ1n) is 10.7. The Hall–Kier alpha value is -3.88. The van der Waals surface area contributed by atoms with Crippen LogP contribution < -0.4 is 20.7 Å². The zero-order chi connectivity index (χ0) is 24.9. The molecular weight excluding hydrogens is 486 g/mol. The number of aryl methyl sites for hydroxylation is 2. The van der Waals surface area contributed by atoms with E-state index in [4.69, 9.17) is 33.0 Å². The molecule has 0 spiro atoms. The van der Waals surface area contributed by atoms with Crippen LogP contribution in [0.1, 0.15) is 21.7 Å². The molecule has 0 saturated heterocycles. The van der Waals surface area contributed by atoms with Gasteiger partial charge in [0.2, 0.25) is 0 Å². The van der Waals surface area contributed by atoms with E-state index in [1.54, 1.807) is 42.5 Å². The highest BCUT2D eigenvalue weighted by atomic mass is 35.5. The van der Waals surface area contributed by atoms with Crippen LogP contribution in [0.25, 0.3) is 11.0 Å². The van der Waals surface area contributed by atoms with Crippen molar-refractivity contribution in [2.45, 2.75) is 13.8 Å². The van der Waals surface area contributed by atoms with Gasteiger partial charge in [-0.3, -0.25) is 14.9 Å². The van der Waals surface area contributed by atoms with E-state index in [0.29, 0.717) is 27.7 Å². The van der Waals surface area contributed by atoms with E-state index >= 15 is 0 Å². The molecule has 3 aromatic carbocycles. The van der Waals surface area contributed by atoms with Crippen LogP contribution in [0.15, 0.2) is 71.1 Å². The molecule has 0 bridgehead atoms. The van der Waals surface area contributed by atoms with Crippen molar-refractivity contribution < 1.29 is 18.7 Å². The summed E-state index contributed by atoms with van der Waals surface area (Å²) in [6.07, 6.45) is 0. The number of fused-ring (bicyclic) bond motifs is 1. The number of ether oxygens (including phenoxy) is 1. The van der Waals surface area contributed by atoms with Crippen LogP contribution in [0, 0.1) is 13.8 Å². The number of para-hydroxylation sites is 1. The van der Waals surface area contributed by atoms with E-state index in [2.05, 4.69) is 16.0 Å². The second-order valence-corrected chi connectivity index (χ2v) is 8.65. The normalized spacial score (nSPS) is 10.6. The molecule has 0 aliphatic carbocycles. The van der Waals surface area contributed by atoms with E-state index in [1.165, 1.54) is 0 Å². The molecule has 1 heterocycles. The fraction of sp³-hybridized carbons (Fsp3) is 0.115. The maximum Gasteiger partial charge on any atom is 0.291 e. The molecular formula is C26H22ClN3O4S. The van der Waals surface area contributed by atoms with Gasteiger partial charge in [0.1, 0.15) is 11.3 Å². The zero-order valence-corrected chi connectivity index (χ0v) is 20.5. The topological polar surface area (TPSA) is 92.6 Å². The lowest BCUT2D eigenvalue weighted by Gasteiger charge is -2.13. The number of anilines is 2. The summed E-state index contributed by atoms with van der Waals surface area (Å²) in [5, 5.41) is 9.99. The fourth-order valence-corrected chi connectivity index (χ4v) is 3.69. The quantitative estimate of drug-likeness (QED) is 0.284. The van der Waals surface area contributed by atoms with Crippen LogP contribution in [0.4, 0.5) is 11.4 Å². The van der Waals surface area contributed by atoms with Gasteiger partial charge in [-0.1, -0.05) is 29.8 Å². The maximum absolute atomic E-state index is 12.6. The van der Waals surface area contributed by atoms with Gasteiger partial charge in [-0.05, 0) is 85.7 Å². The van der Waals surface area contributed by atoms with Gasteiger partial charge in [0, 0.05) is 21.8 Å². The lowest BCUT2D eigenvalue weighted by molar-refractivity contribution is -0.121. The number of carbonyl (C=O) groups excluding carboxylic acids is 2. The Balaban J connectivity index is 1.30. The average Bonchev–Trinajstić information content (AvgIpc) is 3.26. The molecule has 2 amide bonds. The van der Waals surface area contributed by atoms with Gasteiger partial charge in [-0.15, -0.1) is 0 Å². The van der Waals surface area contributed by atoms with Crippen molar-refractivity contribution in [1.82, 2.24) is 5.32 Å². The summed E-state index contributed by atoms with van der Waals surface area (Å²) in [4.78, 5) is 24.8. The van der Waals surface area contributed by atoms with Crippen molar-refractivity contribution in [2.24, 2.45) is 0 Å². The molecule has 3 N–H and O–H groups in total. The third-order valence-corrected chi connectivity index (χ3v) is 5.76. The standard InChI is InChI=1S/C26H22ClN3O4S/c1-15-12-19(8-9-20(15)27)33-14-24(31)30-26(35)28-18-7-10-21(16(2)11-18)29-25(32)23-13-17-5-3-4-6-22(17)34-23/h3-13H,14H2,1-2H3,(H,29,32)(H2,28,30,31,35). The van der Waals surface area contributed by atoms with Gasteiger partial charge in [-0.25, -0.2) is 0 Å². The number of furan rings is 1. The molecule has 4 rings (SSSR count). The van der Waals surface area contributed by atoms with Crippen molar-refractivity contribution in [1.29, 1.82) is 0 Å². The van der Waals surface area contributed by atoms with Gasteiger partial charge in [0.15, 0.2) is 17.5 Å². The monoisotopic (exact) mass is 507 g/mol. The zero-order valence-electron chi connectivity index (χ0n) is 19.0. The summed E-state index contributed by atoms with van der Waals surface area (Å²) in [6.45, 7) is 3.50. The lowest BCUT2D eigenvalue weighted by atomic mass is 10.1. The van der Waals surface area contributed by atoms with Crippen molar-refractivity contribution >= 4 is 63.1 Å². The Kier molecular flexibility index (Phi) is 7.33. The van der Waals surface area contributed by atoms with Crippen LogP contribution in [0.5, 0.6) is 5.75 Å². The fourth-order valence-electron chi connectivity index (χ4n) is 3.34. The molecule has 0 atom stereocenters. The minimum absolute atomic E-state index is 0.129. The first kappa shape index (κ1) is 24.3. The summed E-state index contributed by atoms with van der Waals surface area (Å²) < 4.78 is 11.1. The smallest absolute Gasteiger partial charge is 0.291 e. The van der Waals surface area contributed by atoms with Crippen molar-refractivity contribution in [3.8, 4) is 5.75 Å². The summed E-state index contributed by atoms with van der Waals surface area (Å²) in [6, 6.07) is 19.6. The number of nitrogens with one attached hydrogen (secondary N) is 3. The molecule has 0 unspecified atom stereocenters. The first-order valence-corrected chi connectivity index (χ1v) is 11.5.